The maximum Gasteiger partial charge on any atom is 0.573 e. The van der Waals surface area contributed by atoms with Crippen molar-refractivity contribution < 1.29 is 37.1 Å². The van der Waals surface area contributed by atoms with Crippen LogP contribution in [0.15, 0.2) is 36.4 Å². The van der Waals surface area contributed by atoms with Crippen LogP contribution >= 0.6 is 0 Å². The summed E-state index contributed by atoms with van der Waals surface area (Å²) in [7, 11) is 0. The summed E-state index contributed by atoms with van der Waals surface area (Å²) in [6.07, 6.45) is -2.89. The van der Waals surface area contributed by atoms with Gasteiger partial charge in [-0.05, 0) is 67.0 Å². The third-order valence-corrected chi connectivity index (χ3v) is 8.28. The number of halogens is 3. The second-order valence-electron chi connectivity index (χ2n) is 10.8. The van der Waals surface area contributed by atoms with Crippen molar-refractivity contribution in [1.29, 1.82) is 0 Å². The molecule has 4 heterocycles. The zero-order valence-electron chi connectivity index (χ0n) is 22.1. The van der Waals surface area contributed by atoms with E-state index in [0.29, 0.717) is 66.6 Å². The van der Waals surface area contributed by atoms with Crippen LogP contribution in [0.25, 0.3) is 10.9 Å². The van der Waals surface area contributed by atoms with Crippen LogP contribution in [-0.4, -0.2) is 63.9 Å². The molecule has 12 heteroatoms. The lowest BCUT2D eigenvalue weighted by molar-refractivity contribution is -0.274. The summed E-state index contributed by atoms with van der Waals surface area (Å²) in [5.41, 5.74) is 3.86. The quantitative estimate of drug-likeness (QED) is 0.460. The highest BCUT2D eigenvalue weighted by Gasteiger charge is 2.39. The number of carbonyl (C=O) groups is 4. The Kier molecular flexibility index (Phi) is 6.50. The number of fused-ring (bicyclic) bond motifs is 2. The Balaban J connectivity index is 1.12. The Bertz CT molecular complexity index is 1590. The number of imide groups is 1. The molecular weight excluding hydrogens is 541 g/mol. The van der Waals surface area contributed by atoms with Crippen LogP contribution in [0.5, 0.6) is 5.75 Å². The van der Waals surface area contributed by atoms with E-state index in [1.54, 1.807) is 17.9 Å². The molecule has 1 unspecified atom stereocenters. The number of ether oxygens (including phenoxy) is 1. The predicted octanol–water partition coefficient (Wildman–Crippen LogP) is 4.16. The topological polar surface area (TPSA) is 112 Å². The van der Waals surface area contributed by atoms with E-state index in [-0.39, 0.29) is 35.8 Å². The van der Waals surface area contributed by atoms with Crippen molar-refractivity contribution >= 4 is 34.5 Å². The minimum atomic E-state index is -4.81. The number of amides is 4. The van der Waals surface area contributed by atoms with Gasteiger partial charge in [0.05, 0.1) is 0 Å². The molecule has 0 aliphatic carbocycles. The van der Waals surface area contributed by atoms with E-state index in [9.17, 15) is 32.3 Å². The molecule has 3 aliphatic heterocycles. The highest BCUT2D eigenvalue weighted by Crippen LogP contribution is 2.35. The summed E-state index contributed by atoms with van der Waals surface area (Å²) in [6, 6.07) is 9.02. The molecule has 2 N–H and O–H groups in total. The highest BCUT2D eigenvalue weighted by atomic mass is 19.4. The Morgan fingerprint density at radius 3 is 2.49 bits per heavy atom. The third kappa shape index (κ3) is 5.02. The number of piperidine rings is 2. The number of H-pyrrole nitrogens is 1. The van der Waals surface area contributed by atoms with Crippen LogP contribution in [0.3, 0.4) is 0 Å². The molecule has 41 heavy (non-hydrogen) atoms. The first-order chi connectivity index (χ1) is 19.5. The number of aromatic amines is 1. The van der Waals surface area contributed by atoms with Gasteiger partial charge in [-0.15, -0.1) is 13.2 Å². The van der Waals surface area contributed by atoms with Gasteiger partial charge in [0, 0.05) is 48.6 Å². The molecule has 214 valence electrons. The number of hydrogen-bond donors (Lipinski definition) is 2. The number of alkyl halides is 3. The lowest BCUT2D eigenvalue weighted by Gasteiger charge is -2.32. The maximum atomic E-state index is 13.4. The summed E-state index contributed by atoms with van der Waals surface area (Å²) in [4.78, 5) is 56.4. The Morgan fingerprint density at radius 2 is 1.78 bits per heavy atom. The van der Waals surface area contributed by atoms with E-state index in [1.165, 1.54) is 23.1 Å². The second kappa shape index (κ2) is 9.93. The number of aryl methyl sites for hydroxylation is 1. The fraction of sp³-hybridized carbons (Fsp3) is 0.379. The van der Waals surface area contributed by atoms with Crippen LogP contribution in [0.4, 0.5) is 13.2 Å². The van der Waals surface area contributed by atoms with Crippen molar-refractivity contribution in [2.24, 2.45) is 0 Å². The SMILES string of the molecule is Cc1c(C(=O)N2CCC(c3ccc4c(c3)CN(C3CCC(=O)NC3=O)C4=O)CC2)[nH]c2cc(OC(F)(F)F)ccc12. The first-order valence-corrected chi connectivity index (χ1v) is 13.4. The van der Waals surface area contributed by atoms with E-state index >= 15 is 0 Å². The molecule has 2 saturated heterocycles. The predicted molar refractivity (Wildman–Crippen MR) is 140 cm³/mol. The van der Waals surface area contributed by atoms with Gasteiger partial charge in [-0.1, -0.05) is 12.1 Å². The molecule has 3 aliphatic rings. The largest absolute Gasteiger partial charge is 0.573 e. The zero-order chi connectivity index (χ0) is 29.1. The number of hydrogen-bond acceptors (Lipinski definition) is 5. The summed E-state index contributed by atoms with van der Waals surface area (Å²) in [5, 5.41) is 2.96. The molecule has 4 amide bonds. The molecular formula is C29H27F3N4O5. The van der Waals surface area contributed by atoms with E-state index in [4.69, 9.17) is 0 Å². The van der Waals surface area contributed by atoms with Crippen LogP contribution < -0.4 is 10.1 Å². The van der Waals surface area contributed by atoms with Gasteiger partial charge in [0.15, 0.2) is 0 Å². The summed E-state index contributed by atoms with van der Waals surface area (Å²) in [6.45, 7) is 3.06. The van der Waals surface area contributed by atoms with Crippen molar-refractivity contribution in [2.75, 3.05) is 13.1 Å². The smallest absolute Gasteiger partial charge is 0.406 e. The van der Waals surface area contributed by atoms with Crippen molar-refractivity contribution in [2.45, 2.75) is 57.5 Å². The summed E-state index contributed by atoms with van der Waals surface area (Å²) < 4.78 is 41.9. The number of nitrogens with one attached hydrogen (secondary N) is 2. The summed E-state index contributed by atoms with van der Waals surface area (Å²) >= 11 is 0. The maximum absolute atomic E-state index is 13.4. The molecule has 2 aromatic carbocycles. The molecule has 0 spiro atoms. The number of aromatic nitrogens is 1. The van der Waals surface area contributed by atoms with Gasteiger partial charge in [-0.3, -0.25) is 24.5 Å². The van der Waals surface area contributed by atoms with Gasteiger partial charge in [0.1, 0.15) is 17.5 Å². The fourth-order valence-corrected chi connectivity index (χ4v) is 6.15. The van der Waals surface area contributed by atoms with Gasteiger partial charge >= 0.3 is 6.36 Å². The Labute approximate surface area is 232 Å². The van der Waals surface area contributed by atoms with Crippen molar-refractivity contribution in [1.82, 2.24) is 20.1 Å². The van der Waals surface area contributed by atoms with Gasteiger partial charge in [0.2, 0.25) is 11.8 Å². The second-order valence-corrected chi connectivity index (χ2v) is 10.8. The van der Waals surface area contributed by atoms with E-state index in [0.717, 1.165) is 11.1 Å². The van der Waals surface area contributed by atoms with Crippen LogP contribution in [-0.2, 0) is 16.1 Å². The zero-order valence-corrected chi connectivity index (χ0v) is 22.1. The normalized spacial score (nSPS) is 20.0. The molecule has 1 aromatic heterocycles. The van der Waals surface area contributed by atoms with E-state index in [2.05, 4.69) is 15.0 Å². The first kappa shape index (κ1) is 26.9. The number of benzene rings is 2. The molecule has 0 radical (unpaired) electrons. The van der Waals surface area contributed by atoms with Gasteiger partial charge in [-0.25, -0.2) is 0 Å². The number of nitrogens with zero attached hydrogens (tertiary/aromatic N) is 2. The molecule has 2 fully saturated rings. The summed E-state index contributed by atoms with van der Waals surface area (Å²) in [5.74, 6) is -1.38. The molecule has 0 saturated carbocycles. The van der Waals surface area contributed by atoms with Gasteiger partial charge in [0.25, 0.3) is 11.8 Å². The molecule has 6 rings (SSSR count). The van der Waals surface area contributed by atoms with Gasteiger partial charge in [-0.2, -0.15) is 0 Å². The number of likely N-dealkylation sites (tertiary alicyclic amines) is 1. The van der Waals surface area contributed by atoms with E-state index < -0.39 is 18.3 Å². The monoisotopic (exact) mass is 568 g/mol. The van der Waals surface area contributed by atoms with E-state index in [1.807, 2.05) is 12.1 Å². The Hall–Kier alpha value is -4.35. The van der Waals surface area contributed by atoms with Crippen LogP contribution in [0.1, 0.15) is 69.1 Å². The highest BCUT2D eigenvalue weighted by molar-refractivity contribution is 6.05. The Morgan fingerprint density at radius 1 is 1.02 bits per heavy atom. The lowest BCUT2D eigenvalue weighted by atomic mass is 9.87. The third-order valence-electron chi connectivity index (χ3n) is 8.28. The number of rotatable bonds is 4. The van der Waals surface area contributed by atoms with Gasteiger partial charge < -0.3 is 19.5 Å². The van der Waals surface area contributed by atoms with Crippen LogP contribution in [0.2, 0.25) is 0 Å². The minimum absolute atomic E-state index is 0.176. The molecule has 9 nitrogen and oxygen atoms in total. The average Bonchev–Trinajstić information content (AvgIpc) is 3.43. The van der Waals surface area contributed by atoms with Crippen molar-refractivity contribution in [3.8, 4) is 5.75 Å². The van der Waals surface area contributed by atoms with Crippen molar-refractivity contribution in [3.05, 3.63) is 64.3 Å². The fourth-order valence-electron chi connectivity index (χ4n) is 6.15. The number of carbonyl (C=O) groups excluding carboxylic acids is 4. The van der Waals surface area contributed by atoms with Crippen molar-refractivity contribution in [3.63, 3.8) is 0 Å². The molecule has 1 atom stereocenters. The molecule has 0 bridgehead atoms. The van der Waals surface area contributed by atoms with Crippen LogP contribution in [0, 0.1) is 6.92 Å². The first-order valence-electron chi connectivity index (χ1n) is 13.4. The molecule has 3 aromatic rings. The average molecular weight is 569 g/mol. The minimum Gasteiger partial charge on any atom is -0.406 e. The lowest BCUT2D eigenvalue weighted by Crippen LogP contribution is -2.52. The standard InChI is InChI=1S/C29H27F3N4O5/c1-15-20-5-3-19(41-29(30,31)32)13-22(20)33-25(15)28(40)35-10-8-16(9-11-35)17-2-4-21-18(12-17)14-36(27(21)39)23-6-7-24(37)34-26(23)38/h2-5,12-13,16,23,33H,6-11,14H2,1H3,(H,34,37,38).